The van der Waals surface area contributed by atoms with Gasteiger partial charge in [-0.05, 0) is 49.4 Å². The molecular formula is C22H17Cl2FN2O2S. The Labute approximate surface area is 187 Å². The minimum atomic E-state index is -0.592. The van der Waals surface area contributed by atoms with Gasteiger partial charge >= 0.3 is 0 Å². The van der Waals surface area contributed by atoms with Crippen molar-refractivity contribution >= 4 is 58.2 Å². The summed E-state index contributed by atoms with van der Waals surface area (Å²) in [7, 11) is 0. The van der Waals surface area contributed by atoms with Crippen molar-refractivity contribution in [3.63, 3.8) is 0 Å². The average Bonchev–Trinajstić information content (AvgIpc) is 2.72. The minimum absolute atomic E-state index is 0.0401. The summed E-state index contributed by atoms with van der Waals surface area (Å²) in [6, 6.07) is 17.7. The summed E-state index contributed by atoms with van der Waals surface area (Å²) < 4.78 is 13.8. The van der Waals surface area contributed by atoms with E-state index < -0.39 is 17.0 Å². The third-order valence-electron chi connectivity index (χ3n) is 4.10. The van der Waals surface area contributed by atoms with Gasteiger partial charge in [0.15, 0.2) is 0 Å². The third kappa shape index (κ3) is 5.53. The summed E-state index contributed by atoms with van der Waals surface area (Å²) in [6.45, 7) is 1.75. The summed E-state index contributed by atoms with van der Waals surface area (Å²) >= 11 is 13.4. The largest absolute Gasteiger partial charge is 0.324 e. The molecule has 3 aromatic carbocycles. The zero-order valence-corrected chi connectivity index (χ0v) is 18.1. The molecule has 0 aliphatic carbocycles. The number of hydrogen-bond acceptors (Lipinski definition) is 3. The fraction of sp³-hybridized carbons (Fsp3) is 0.0909. The molecule has 0 aliphatic rings. The summed E-state index contributed by atoms with van der Waals surface area (Å²) in [5, 5.41) is 5.62. The van der Waals surface area contributed by atoms with Crippen LogP contribution in [-0.2, 0) is 4.79 Å². The molecular weight excluding hydrogens is 446 g/mol. The lowest BCUT2D eigenvalue weighted by Crippen LogP contribution is -2.22. The van der Waals surface area contributed by atoms with Gasteiger partial charge in [-0.1, -0.05) is 47.5 Å². The Balaban J connectivity index is 1.65. The van der Waals surface area contributed by atoms with Gasteiger partial charge in [-0.2, -0.15) is 0 Å². The van der Waals surface area contributed by atoms with Crippen molar-refractivity contribution in [2.24, 2.45) is 0 Å². The fourth-order valence-corrected chi connectivity index (χ4v) is 3.86. The van der Waals surface area contributed by atoms with Crippen LogP contribution in [0.1, 0.15) is 17.3 Å². The molecule has 0 bridgehead atoms. The second kappa shape index (κ2) is 9.98. The van der Waals surface area contributed by atoms with Crippen LogP contribution in [0.2, 0.25) is 10.0 Å². The number of thioether (sulfide) groups is 1. The van der Waals surface area contributed by atoms with E-state index in [1.165, 1.54) is 30.0 Å². The van der Waals surface area contributed by atoms with Crippen molar-refractivity contribution in [2.45, 2.75) is 17.1 Å². The SMILES string of the molecule is CC(Sc1cccc(NC(=O)c2ccccc2F)c1)C(=O)Nc1cccc(Cl)c1Cl. The van der Waals surface area contributed by atoms with E-state index in [1.807, 2.05) is 6.07 Å². The Morgan fingerprint density at radius 1 is 0.967 bits per heavy atom. The number of anilines is 2. The number of halogens is 3. The van der Waals surface area contributed by atoms with Gasteiger partial charge in [-0.25, -0.2) is 4.39 Å². The molecule has 0 fully saturated rings. The number of rotatable bonds is 6. The molecule has 0 aromatic heterocycles. The van der Waals surface area contributed by atoms with Crippen molar-refractivity contribution in [3.05, 3.63) is 88.2 Å². The zero-order chi connectivity index (χ0) is 21.7. The lowest BCUT2D eigenvalue weighted by Gasteiger charge is -2.14. The number of carbonyl (C=O) groups excluding carboxylic acids is 2. The second-order valence-corrected chi connectivity index (χ2v) is 8.51. The standard InChI is InChI=1S/C22H17Cl2FN2O2S/c1-13(21(28)27-19-11-5-9-17(23)20(19)24)30-15-7-4-6-14(12-15)26-22(29)16-8-2-3-10-18(16)25/h2-13H,1H3,(H,26,29)(H,27,28). The maximum absolute atomic E-state index is 13.8. The van der Waals surface area contributed by atoms with Gasteiger partial charge in [0.05, 0.1) is 26.5 Å². The normalized spacial score (nSPS) is 11.6. The van der Waals surface area contributed by atoms with Gasteiger partial charge in [0.25, 0.3) is 5.91 Å². The molecule has 1 unspecified atom stereocenters. The topological polar surface area (TPSA) is 58.2 Å². The smallest absolute Gasteiger partial charge is 0.258 e. The fourth-order valence-electron chi connectivity index (χ4n) is 2.58. The Morgan fingerprint density at radius 2 is 1.70 bits per heavy atom. The third-order valence-corrected chi connectivity index (χ3v) is 6.01. The molecule has 4 nitrogen and oxygen atoms in total. The molecule has 2 amide bonds. The first-order chi connectivity index (χ1) is 14.3. The lowest BCUT2D eigenvalue weighted by atomic mass is 10.2. The van der Waals surface area contributed by atoms with E-state index in [1.54, 1.807) is 49.4 Å². The predicted molar refractivity (Wildman–Crippen MR) is 121 cm³/mol. The van der Waals surface area contributed by atoms with E-state index in [-0.39, 0.29) is 16.5 Å². The van der Waals surface area contributed by atoms with Crippen molar-refractivity contribution in [1.29, 1.82) is 0 Å². The van der Waals surface area contributed by atoms with E-state index in [0.29, 0.717) is 16.4 Å². The monoisotopic (exact) mass is 462 g/mol. The molecule has 154 valence electrons. The van der Waals surface area contributed by atoms with Crippen LogP contribution in [0.25, 0.3) is 0 Å². The van der Waals surface area contributed by atoms with Gasteiger partial charge in [-0.15, -0.1) is 11.8 Å². The summed E-state index contributed by atoms with van der Waals surface area (Å²) in [6.07, 6.45) is 0. The van der Waals surface area contributed by atoms with E-state index >= 15 is 0 Å². The van der Waals surface area contributed by atoms with E-state index in [2.05, 4.69) is 10.6 Å². The average molecular weight is 463 g/mol. The number of hydrogen-bond donors (Lipinski definition) is 2. The van der Waals surface area contributed by atoms with Crippen molar-refractivity contribution < 1.29 is 14.0 Å². The highest BCUT2D eigenvalue weighted by atomic mass is 35.5. The van der Waals surface area contributed by atoms with Gasteiger partial charge in [0.2, 0.25) is 5.91 Å². The van der Waals surface area contributed by atoms with E-state index in [9.17, 15) is 14.0 Å². The molecule has 8 heteroatoms. The van der Waals surface area contributed by atoms with Gasteiger partial charge < -0.3 is 10.6 Å². The highest BCUT2D eigenvalue weighted by molar-refractivity contribution is 8.00. The van der Waals surface area contributed by atoms with E-state index in [0.717, 1.165) is 4.90 Å². The van der Waals surface area contributed by atoms with Gasteiger partial charge in [-0.3, -0.25) is 9.59 Å². The van der Waals surface area contributed by atoms with Crippen LogP contribution in [0.15, 0.2) is 71.6 Å². The quantitative estimate of drug-likeness (QED) is 0.410. The first-order valence-electron chi connectivity index (χ1n) is 8.92. The molecule has 0 radical (unpaired) electrons. The van der Waals surface area contributed by atoms with Crippen molar-refractivity contribution in [3.8, 4) is 0 Å². The first kappa shape index (κ1) is 22.2. The number of nitrogens with one attached hydrogen (secondary N) is 2. The molecule has 2 N–H and O–H groups in total. The number of carbonyl (C=O) groups is 2. The predicted octanol–water partition coefficient (Wildman–Crippen LogP) is 6.50. The molecule has 0 saturated heterocycles. The molecule has 0 aliphatic heterocycles. The van der Waals surface area contributed by atoms with Crippen molar-refractivity contribution in [2.75, 3.05) is 10.6 Å². The van der Waals surface area contributed by atoms with Gasteiger partial charge in [0, 0.05) is 10.6 Å². The van der Waals surface area contributed by atoms with Crippen LogP contribution in [-0.4, -0.2) is 17.1 Å². The Kier molecular flexibility index (Phi) is 7.37. The summed E-state index contributed by atoms with van der Waals surface area (Å²) in [5.41, 5.74) is 0.896. The van der Waals surface area contributed by atoms with Crippen LogP contribution in [0.3, 0.4) is 0 Å². The molecule has 0 heterocycles. The van der Waals surface area contributed by atoms with E-state index in [4.69, 9.17) is 23.2 Å². The first-order valence-corrected chi connectivity index (χ1v) is 10.6. The molecule has 0 saturated carbocycles. The Hall–Kier alpha value is -2.54. The minimum Gasteiger partial charge on any atom is -0.324 e. The van der Waals surface area contributed by atoms with Crippen LogP contribution in [0.4, 0.5) is 15.8 Å². The maximum Gasteiger partial charge on any atom is 0.258 e. The summed E-state index contributed by atoms with van der Waals surface area (Å²) in [4.78, 5) is 25.6. The maximum atomic E-state index is 13.8. The number of benzene rings is 3. The van der Waals surface area contributed by atoms with Crippen LogP contribution >= 0.6 is 35.0 Å². The summed E-state index contributed by atoms with van der Waals surface area (Å²) in [5.74, 6) is -1.38. The molecule has 1 atom stereocenters. The van der Waals surface area contributed by atoms with Crippen LogP contribution in [0, 0.1) is 5.82 Å². The van der Waals surface area contributed by atoms with Crippen LogP contribution in [0.5, 0.6) is 0 Å². The van der Waals surface area contributed by atoms with Gasteiger partial charge in [0.1, 0.15) is 5.82 Å². The second-order valence-electron chi connectivity index (χ2n) is 6.31. The highest BCUT2D eigenvalue weighted by Crippen LogP contribution is 2.31. The molecule has 0 spiro atoms. The lowest BCUT2D eigenvalue weighted by molar-refractivity contribution is -0.115. The molecule has 3 rings (SSSR count). The Morgan fingerprint density at radius 3 is 2.47 bits per heavy atom. The highest BCUT2D eigenvalue weighted by Gasteiger charge is 2.17. The van der Waals surface area contributed by atoms with Crippen molar-refractivity contribution in [1.82, 2.24) is 0 Å². The zero-order valence-electron chi connectivity index (χ0n) is 15.8. The van der Waals surface area contributed by atoms with Crippen LogP contribution < -0.4 is 10.6 Å². The molecule has 30 heavy (non-hydrogen) atoms. The molecule has 3 aromatic rings. The Bertz CT molecular complexity index is 1090. The number of amides is 2.